The zero-order chi connectivity index (χ0) is 14.5. The number of hydrogen-bond acceptors (Lipinski definition) is 2. The third kappa shape index (κ3) is 3.71. The van der Waals surface area contributed by atoms with Crippen molar-refractivity contribution in [1.29, 1.82) is 0 Å². The van der Waals surface area contributed by atoms with Gasteiger partial charge in [-0.2, -0.15) is 0 Å². The summed E-state index contributed by atoms with van der Waals surface area (Å²) in [5.74, 6) is -0.224. The molecule has 0 amide bonds. The Morgan fingerprint density at radius 3 is 2.65 bits per heavy atom. The van der Waals surface area contributed by atoms with Gasteiger partial charge in [-0.3, -0.25) is 0 Å². The molecule has 1 N–H and O–H groups in total. The van der Waals surface area contributed by atoms with E-state index in [1.54, 1.807) is 30.3 Å². The molecule has 1 atom stereocenters. The van der Waals surface area contributed by atoms with E-state index in [2.05, 4.69) is 0 Å². The molecule has 0 radical (unpaired) electrons. The van der Waals surface area contributed by atoms with Crippen LogP contribution in [-0.2, 0) is 12.8 Å². The van der Waals surface area contributed by atoms with Crippen LogP contribution in [0.4, 0.5) is 4.39 Å². The maximum atomic E-state index is 14.0. The highest BCUT2D eigenvalue weighted by molar-refractivity contribution is 6.30. The Balaban J connectivity index is 2.06. The molecular weight excluding hydrogens is 279 g/mol. The largest absolute Gasteiger partial charge is 0.494 e. The highest BCUT2D eigenvalue weighted by atomic mass is 35.5. The van der Waals surface area contributed by atoms with Gasteiger partial charge in [0.05, 0.1) is 13.2 Å². The normalized spacial score (nSPS) is 12.2. The molecule has 0 aliphatic rings. The minimum Gasteiger partial charge on any atom is -0.494 e. The molecule has 2 aromatic rings. The van der Waals surface area contributed by atoms with E-state index >= 15 is 0 Å². The van der Waals surface area contributed by atoms with E-state index in [4.69, 9.17) is 16.3 Å². The van der Waals surface area contributed by atoms with E-state index in [9.17, 15) is 9.50 Å². The molecule has 0 aliphatic carbocycles. The SMILES string of the molecule is COc1cccc(CC(O)Cc2cccc(Cl)c2)c1F. The van der Waals surface area contributed by atoms with Crippen molar-refractivity contribution in [3.8, 4) is 5.75 Å². The summed E-state index contributed by atoms with van der Waals surface area (Å²) < 4.78 is 18.9. The molecule has 0 aromatic heterocycles. The monoisotopic (exact) mass is 294 g/mol. The summed E-state index contributed by atoms with van der Waals surface area (Å²) >= 11 is 5.90. The first-order valence-electron chi connectivity index (χ1n) is 6.34. The summed E-state index contributed by atoms with van der Waals surface area (Å²) in [5, 5.41) is 10.7. The van der Waals surface area contributed by atoms with E-state index in [-0.39, 0.29) is 12.2 Å². The summed E-state index contributed by atoms with van der Waals surface area (Å²) in [6.45, 7) is 0. The average Bonchev–Trinajstić information content (AvgIpc) is 2.41. The van der Waals surface area contributed by atoms with Gasteiger partial charge < -0.3 is 9.84 Å². The zero-order valence-electron chi connectivity index (χ0n) is 11.1. The van der Waals surface area contributed by atoms with Crippen molar-refractivity contribution in [3.63, 3.8) is 0 Å². The van der Waals surface area contributed by atoms with Crippen LogP contribution in [0.15, 0.2) is 42.5 Å². The standard InChI is InChI=1S/C16H16ClFO2/c1-20-15-7-3-5-12(16(15)18)10-14(19)9-11-4-2-6-13(17)8-11/h2-8,14,19H,9-10H2,1H3. The molecule has 1 unspecified atom stereocenters. The summed E-state index contributed by atoms with van der Waals surface area (Å²) in [4.78, 5) is 0. The first-order valence-corrected chi connectivity index (χ1v) is 6.72. The Hall–Kier alpha value is -1.58. The second kappa shape index (κ2) is 6.73. The van der Waals surface area contributed by atoms with Gasteiger partial charge in [0, 0.05) is 11.4 Å². The number of benzene rings is 2. The molecule has 0 heterocycles. The van der Waals surface area contributed by atoms with Gasteiger partial charge in [-0.05, 0) is 35.7 Å². The summed E-state index contributed by atoms with van der Waals surface area (Å²) in [6.07, 6.45) is -0.0117. The van der Waals surface area contributed by atoms with Gasteiger partial charge in [0.15, 0.2) is 11.6 Å². The van der Waals surface area contributed by atoms with Crippen molar-refractivity contribution < 1.29 is 14.2 Å². The minimum atomic E-state index is -0.671. The Morgan fingerprint density at radius 2 is 1.95 bits per heavy atom. The number of methoxy groups -OCH3 is 1. The lowest BCUT2D eigenvalue weighted by atomic mass is 10.0. The van der Waals surface area contributed by atoms with Crippen LogP contribution in [0.3, 0.4) is 0 Å². The predicted molar refractivity (Wildman–Crippen MR) is 77.8 cm³/mol. The number of aliphatic hydroxyl groups excluding tert-OH is 1. The number of rotatable bonds is 5. The zero-order valence-corrected chi connectivity index (χ0v) is 11.9. The fourth-order valence-electron chi connectivity index (χ4n) is 2.13. The van der Waals surface area contributed by atoms with E-state index in [0.29, 0.717) is 17.0 Å². The third-order valence-corrected chi connectivity index (χ3v) is 3.31. The van der Waals surface area contributed by atoms with Crippen LogP contribution in [0.2, 0.25) is 5.02 Å². The quantitative estimate of drug-likeness (QED) is 0.912. The van der Waals surface area contributed by atoms with Crippen molar-refractivity contribution in [2.24, 2.45) is 0 Å². The smallest absolute Gasteiger partial charge is 0.168 e. The molecular formula is C16H16ClFO2. The Kier molecular flexibility index (Phi) is 4.99. The Bertz CT molecular complexity index is 586. The van der Waals surface area contributed by atoms with Crippen LogP contribution >= 0.6 is 11.6 Å². The topological polar surface area (TPSA) is 29.5 Å². The van der Waals surface area contributed by atoms with Crippen LogP contribution in [0.5, 0.6) is 5.75 Å². The van der Waals surface area contributed by atoms with Gasteiger partial charge in [0.25, 0.3) is 0 Å². The fraction of sp³-hybridized carbons (Fsp3) is 0.250. The fourth-order valence-corrected chi connectivity index (χ4v) is 2.35. The first-order chi connectivity index (χ1) is 9.60. The second-order valence-corrected chi connectivity index (χ2v) is 5.06. The number of hydrogen-bond donors (Lipinski definition) is 1. The molecule has 106 valence electrons. The van der Waals surface area contributed by atoms with E-state index in [1.165, 1.54) is 7.11 Å². The molecule has 2 rings (SSSR count). The molecule has 20 heavy (non-hydrogen) atoms. The van der Waals surface area contributed by atoms with Crippen molar-refractivity contribution in [2.75, 3.05) is 7.11 Å². The van der Waals surface area contributed by atoms with Gasteiger partial charge in [-0.1, -0.05) is 35.9 Å². The van der Waals surface area contributed by atoms with Crippen LogP contribution in [-0.4, -0.2) is 18.3 Å². The van der Waals surface area contributed by atoms with Gasteiger partial charge in [-0.25, -0.2) is 4.39 Å². The number of aliphatic hydroxyl groups is 1. The molecule has 4 heteroatoms. The minimum absolute atomic E-state index is 0.192. The maximum absolute atomic E-state index is 14.0. The Labute approximate surface area is 122 Å². The predicted octanol–water partition coefficient (Wildman–Crippen LogP) is 3.63. The highest BCUT2D eigenvalue weighted by Crippen LogP contribution is 2.22. The van der Waals surface area contributed by atoms with Crippen molar-refractivity contribution >= 4 is 11.6 Å². The number of ether oxygens (including phenoxy) is 1. The summed E-state index contributed by atoms with van der Waals surface area (Å²) in [5.41, 5.74) is 1.37. The molecule has 2 aromatic carbocycles. The highest BCUT2D eigenvalue weighted by Gasteiger charge is 2.13. The van der Waals surface area contributed by atoms with Crippen molar-refractivity contribution in [3.05, 3.63) is 64.4 Å². The van der Waals surface area contributed by atoms with Gasteiger partial charge in [-0.15, -0.1) is 0 Å². The first kappa shape index (κ1) is 14.8. The lowest BCUT2D eigenvalue weighted by Crippen LogP contribution is -2.15. The molecule has 0 bridgehead atoms. The lowest BCUT2D eigenvalue weighted by Gasteiger charge is -2.13. The molecule has 0 saturated carbocycles. The molecule has 2 nitrogen and oxygen atoms in total. The van der Waals surface area contributed by atoms with Gasteiger partial charge in [0.2, 0.25) is 0 Å². The van der Waals surface area contributed by atoms with E-state index in [0.717, 1.165) is 5.56 Å². The van der Waals surface area contributed by atoms with E-state index < -0.39 is 11.9 Å². The van der Waals surface area contributed by atoms with Crippen LogP contribution in [0.1, 0.15) is 11.1 Å². The van der Waals surface area contributed by atoms with Crippen LogP contribution in [0.25, 0.3) is 0 Å². The molecule has 0 fully saturated rings. The molecule has 0 spiro atoms. The van der Waals surface area contributed by atoms with Gasteiger partial charge >= 0.3 is 0 Å². The van der Waals surface area contributed by atoms with Gasteiger partial charge in [0.1, 0.15) is 0 Å². The van der Waals surface area contributed by atoms with Crippen molar-refractivity contribution in [2.45, 2.75) is 18.9 Å². The second-order valence-electron chi connectivity index (χ2n) is 4.63. The Morgan fingerprint density at radius 1 is 1.20 bits per heavy atom. The third-order valence-electron chi connectivity index (χ3n) is 3.08. The van der Waals surface area contributed by atoms with Crippen molar-refractivity contribution in [1.82, 2.24) is 0 Å². The van der Waals surface area contributed by atoms with Crippen LogP contribution < -0.4 is 4.74 Å². The summed E-state index contributed by atoms with van der Waals surface area (Å²) in [7, 11) is 1.42. The molecule has 0 saturated heterocycles. The number of halogens is 2. The lowest BCUT2D eigenvalue weighted by molar-refractivity contribution is 0.174. The average molecular weight is 295 g/mol. The molecule has 0 aliphatic heterocycles. The van der Waals surface area contributed by atoms with Crippen LogP contribution in [0, 0.1) is 5.82 Å². The summed E-state index contributed by atoms with van der Waals surface area (Å²) in [6, 6.07) is 12.2. The maximum Gasteiger partial charge on any atom is 0.168 e. The van der Waals surface area contributed by atoms with E-state index in [1.807, 2.05) is 12.1 Å².